The zero-order chi connectivity index (χ0) is 23.7. The fourth-order valence-electron chi connectivity index (χ4n) is 3.10. The number of halogens is 2. The van der Waals surface area contributed by atoms with E-state index in [9.17, 15) is 9.59 Å². The van der Waals surface area contributed by atoms with Crippen LogP contribution in [0.15, 0.2) is 42.5 Å². The third-order valence-corrected chi connectivity index (χ3v) is 5.67. The Labute approximate surface area is 199 Å². The molecule has 2 rings (SSSR count). The molecule has 0 heterocycles. The molecule has 0 radical (unpaired) electrons. The number of methoxy groups -OCH3 is 1. The predicted molar refractivity (Wildman–Crippen MR) is 127 cm³/mol. The quantitative estimate of drug-likeness (QED) is 0.485. The van der Waals surface area contributed by atoms with Crippen molar-refractivity contribution >= 4 is 35.0 Å². The van der Waals surface area contributed by atoms with Gasteiger partial charge in [-0.2, -0.15) is 0 Å². The molecular formula is C24H30Cl2N2O4. The molecule has 0 unspecified atom stereocenters. The lowest BCUT2D eigenvalue weighted by molar-refractivity contribution is -0.143. The topological polar surface area (TPSA) is 67.9 Å². The van der Waals surface area contributed by atoms with Gasteiger partial charge in [0.1, 0.15) is 17.5 Å². The van der Waals surface area contributed by atoms with Crippen molar-refractivity contribution in [3.8, 4) is 11.5 Å². The third-order valence-electron chi connectivity index (χ3n) is 5.14. The first-order valence-corrected chi connectivity index (χ1v) is 11.3. The largest absolute Gasteiger partial charge is 0.497 e. The van der Waals surface area contributed by atoms with Crippen molar-refractivity contribution in [3.63, 3.8) is 0 Å². The van der Waals surface area contributed by atoms with Gasteiger partial charge in [0.2, 0.25) is 5.91 Å². The lowest BCUT2D eigenvalue weighted by Gasteiger charge is -2.31. The molecule has 0 aliphatic heterocycles. The average molecular weight is 481 g/mol. The van der Waals surface area contributed by atoms with E-state index in [2.05, 4.69) is 5.32 Å². The Balaban J connectivity index is 2.23. The standard InChI is InChI=1S/C24H30Cl2N2O4/c1-5-16(3)27-24(30)21(6-2)28(14-17-7-10-19(31-4)11-8-17)23(29)15-32-22-12-9-18(25)13-20(22)26/h7-13,16,21H,5-6,14-15H2,1-4H3,(H,27,30)/t16-,21+/m1/s1. The van der Waals surface area contributed by atoms with Crippen LogP contribution in [0.1, 0.15) is 39.2 Å². The summed E-state index contributed by atoms with van der Waals surface area (Å²) in [5.41, 5.74) is 0.874. The van der Waals surface area contributed by atoms with Crippen LogP contribution in [0.3, 0.4) is 0 Å². The van der Waals surface area contributed by atoms with E-state index in [4.69, 9.17) is 32.7 Å². The normalized spacial score (nSPS) is 12.6. The minimum absolute atomic E-state index is 0.0126. The Kier molecular flexibility index (Phi) is 10.1. The summed E-state index contributed by atoms with van der Waals surface area (Å²) in [5, 5.41) is 3.77. The Hall–Kier alpha value is -2.44. The predicted octanol–water partition coefficient (Wildman–Crippen LogP) is 5.10. The van der Waals surface area contributed by atoms with Gasteiger partial charge in [0.25, 0.3) is 5.91 Å². The summed E-state index contributed by atoms with van der Waals surface area (Å²) < 4.78 is 10.9. The van der Waals surface area contributed by atoms with Gasteiger partial charge in [-0.25, -0.2) is 0 Å². The summed E-state index contributed by atoms with van der Waals surface area (Å²) in [6.07, 6.45) is 1.26. The maximum absolute atomic E-state index is 13.2. The number of amides is 2. The van der Waals surface area contributed by atoms with Gasteiger partial charge in [0.05, 0.1) is 12.1 Å². The minimum Gasteiger partial charge on any atom is -0.497 e. The van der Waals surface area contributed by atoms with Crippen LogP contribution < -0.4 is 14.8 Å². The first kappa shape index (κ1) is 25.8. The molecule has 0 saturated carbocycles. The van der Waals surface area contributed by atoms with Crippen LogP contribution in [-0.2, 0) is 16.1 Å². The van der Waals surface area contributed by atoms with Crippen LogP contribution in [0.2, 0.25) is 10.0 Å². The molecule has 0 aromatic heterocycles. The van der Waals surface area contributed by atoms with E-state index in [1.165, 1.54) is 0 Å². The van der Waals surface area contributed by atoms with Crippen LogP contribution in [-0.4, -0.2) is 42.5 Å². The third kappa shape index (κ3) is 7.31. The lowest BCUT2D eigenvalue weighted by Crippen LogP contribution is -2.51. The van der Waals surface area contributed by atoms with Crippen LogP contribution in [0.25, 0.3) is 0 Å². The number of nitrogens with zero attached hydrogens (tertiary/aromatic N) is 1. The van der Waals surface area contributed by atoms with E-state index in [0.29, 0.717) is 28.0 Å². The van der Waals surface area contributed by atoms with E-state index >= 15 is 0 Å². The fraction of sp³-hybridized carbons (Fsp3) is 0.417. The molecule has 6 nitrogen and oxygen atoms in total. The highest BCUT2D eigenvalue weighted by Crippen LogP contribution is 2.27. The zero-order valence-corrected chi connectivity index (χ0v) is 20.4. The Morgan fingerprint density at radius 3 is 2.31 bits per heavy atom. The van der Waals surface area contributed by atoms with Crippen molar-refractivity contribution in [2.45, 2.75) is 52.2 Å². The lowest BCUT2D eigenvalue weighted by atomic mass is 10.1. The summed E-state index contributed by atoms with van der Waals surface area (Å²) in [4.78, 5) is 27.7. The summed E-state index contributed by atoms with van der Waals surface area (Å²) in [5.74, 6) is 0.561. The number of nitrogens with one attached hydrogen (secondary N) is 1. The van der Waals surface area contributed by atoms with Gasteiger partial charge >= 0.3 is 0 Å². The summed E-state index contributed by atoms with van der Waals surface area (Å²) in [7, 11) is 1.59. The average Bonchev–Trinajstić information content (AvgIpc) is 2.78. The second kappa shape index (κ2) is 12.6. The molecule has 0 aliphatic carbocycles. The number of ether oxygens (including phenoxy) is 2. The van der Waals surface area contributed by atoms with Crippen molar-refractivity contribution < 1.29 is 19.1 Å². The summed E-state index contributed by atoms with van der Waals surface area (Å²) in [6.45, 7) is 5.81. The van der Waals surface area contributed by atoms with E-state index in [0.717, 1.165) is 12.0 Å². The molecule has 2 atom stereocenters. The maximum atomic E-state index is 13.2. The van der Waals surface area contributed by atoms with E-state index in [1.807, 2.05) is 45.0 Å². The van der Waals surface area contributed by atoms with Gasteiger partial charge in [-0.3, -0.25) is 9.59 Å². The van der Waals surface area contributed by atoms with E-state index in [1.54, 1.807) is 30.2 Å². The molecule has 2 aromatic rings. The molecule has 32 heavy (non-hydrogen) atoms. The Morgan fingerprint density at radius 1 is 1.06 bits per heavy atom. The molecule has 0 aliphatic rings. The van der Waals surface area contributed by atoms with Crippen molar-refractivity contribution in [1.29, 1.82) is 0 Å². The van der Waals surface area contributed by atoms with Crippen molar-refractivity contribution in [2.24, 2.45) is 0 Å². The fourth-order valence-corrected chi connectivity index (χ4v) is 3.57. The molecule has 2 amide bonds. The van der Waals surface area contributed by atoms with Crippen LogP contribution in [0.5, 0.6) is 11.5 Å². The van der Waals surface area contributed by atoms with Crippen LogP contribution in [0, 0.1) is 0 Å². The zero-order valence-electron chi connectivity index (χ0n) is 18.9. The minimum atomic E-state index is -0.636. The number of hydrogen-bond donors (Lipinski definition) is 1. The summed E-state index contributed by atoms with van der Waals surface area (Å²) in [6, 6.07) is 11.6. The van der Waals surface area contributed by atoms with Crippen molar-refractivity contribution in [2.75, 3.05) is 13.7 Å². The van der Waals surface area contributed by atoms with Crippen LogP contribution in [0.4, 0.5) is 0 Å². The Morgan fingerprint density at radius 2 is 1.75 bits per heavy atom. The smallest absolute Gasteiger partial charge is 0.261 e. The Bertz CT molecular complexity index is 905. The molecule has 0 spiro atoms. The number of rotatable bonds is 11. The first-order valence-electron chi connectivity index (χ1n) is 10.6. The first-order chi connectivity index (χ1) is 15.3. The molecule has 8 heteroatoms. The van der Waals surface area contributed by atoms with Crippen LogP contribution >= 0.6 is 23.2 Å². The van der Waals surface area contributed by atoms with Gasteiger partial charge in [-0.15, -0.1) is 0 Å². The van der Waals surface area contributed by atoms with Gasteiger partial charge in [-0.1, -0.05) is 49.2 Å². The summed E-state index contributed by atoms with van der Waals surface area (Å²) >= 11 is 12.1. The van der Waals surface area contributed by atoms with E-state index < -0.39 is 6.04 Å². The van der Waals surface area contributed by atoms with E-state index in [-0.39, 0.29) is 31.0 Å². The second-order valence-electron chi connectivity index (χ2n) is 7.48. The molecule has 0 bridgehead atoms. The maximum Gasteiger partial charge on any atom is 0.261 e. The van der Waals surface area contributed by atoms with Crippen molar-refractivity contribution in [1.82, 2.24) is 10.2 Å². The SMILES string of the molecule is CC[C@@H](C)NC(=O)[C@H](CC)N(Cc1ccc(OC)cc1)C(=O)COc1ccc(Cl)cc1Cl. The highest BCUT2D eigenvalue weighted by molar-refractivity contribution is 6.35. The molecule has 174 valence electrons. The molecule has 0 saturated heterocycles. The van der Waals surface area contributed by atoms with Gasteiger partial charge in [-0.05, 0) is 55.7 Å². The molecule has 0 fully saturated rings. The monoisotopic (exact) mass is 480 g/mol. The molecular weight excluding hydrogens is 451 g/mol. The number of carbonyl (C=O) groups is 2. The number of benzene rings is 2. The highest BCUT2D eigenvalue weighted by atomic mass is 35.5. The molecule has 2 aromatic carbocycles. The highest BCUT2D eigenvalue weighted by Gasteiger charge is 2.29. The van der Waals surface area contributed by atoms with Crippen molar-refractivity contribution in [3.05, 3.63) is 58.1 Å². The number of hydrogen-bond acceptors (Lipinski definition) is 4. The molecule has 1 N–H and O–H groups in total. The van der Waals surface area contributed by atoms with Gasteiger partial charge in [0, 0.05) is 17.6 Å². The van der Waals surface area contributed by atoms with Gasteiger partial charge in [0.15, 0.2) is 6.61 Å². The number of carbonyl (C=O) groups excluding carboxylic acids is 2. The second-order valence-corrected chi connectivity index (χ2v) is 8.32. The van der Waals surface area contributed by atoms with Gasteiger partial charge < -0.3 is 19.7 Å².